The van der Waals surface area contributed by atoms with Crippen LogP contribution >= 0.6 is 11.3 Å². The maximum absolute atomic E-state index is 14.3. The zero-order chi connectivity index (χ0) is 41.9. The molecule has 0 amide bonds. The van der Waals surface area contributed by atoms with E-state index < -0.39 is 28.8 Å². The third-order valence-electron chi connectivity index (χ3n) is 9.99. The highest BCUT2D eigenvalue weighted by molar-refractivity contribution is 7.20. The molecular weight excluding hydrogens is 785 g/mol. The molecule has 2 aliphatic heterocycles. The fraction of sp³-hybridized carbons (Fsp3) is 0.317. The van der Waals surface area contributed by atoms with Gasteiger partial charge in [0.05, 0.1) is 54.3 Å². The molecule has 0 aliphatic carbocycles. The summed E-state index contributed by atoms with van der Waals surface area (Å²) in [5, 5.41) is 14.2. The number of anilines is 3. The molecule has 15 nitrogen and oxygen atoms in total. The lowest BCUT2D eigenvalue weighted by Gasteiger charge is -2.31. The quantitative estimate of drug-likeness (QED) is 0.0572. The van der Waals surface area contributed by atoms with Gasteiger partial charge in [0.2, 0.25) is 0 Å². The van der Waals surface area contributed by atoms with Crippen molar-refractivity contribution in [2.24, 2.45) is 15.7 Å². The molecule has 1 unspecified atom stereocenters. The summed E-state index contributed by atoms with van der Waals surface area (Å²) >= 11 is 1.20. The van der Waals surface area contributed by atoms with Gasteiger partial charge in [-0.3, -0.25) is 28.8 Å². The summed E-state index contributed by atoms with van der Waals surface area (Å²) in [6, 6.07) is 20.6. The molecular formula is C41H45F2N9O6S. The van der Waals surface area contributed by atoms with Crippen molar-refractivity contribution < 1.29 is 33.0 Å². The third kappa shape index (κ3) is 10.3. The van der Waals surface area contributed by atoms with E-state index in [9.17, 15) is 28.3 Å². The van der Waals surface area contributed by atoms with Crippen molar-refractivity contribution in [2.75, 3.05) is 63.6 Å². The number of aldehydes is 1. The van der Waals surface area contributed by atoms with E-state index in [-0.39, 0.29) is 37.5 Å². The van der Waals surface area contributed by atoms with Gasteiger partial charge in [0.1, 0.15) is 40.8 Å². The zero-order valence-electron chi connectivity index (χ0n) is 32.3. The lowest BCUT2D eigenvalue weighted by molar-refractivity contribution is -0.146. The van der Waals surface area contributed by atoms with Crippen LogP contribution in [0.5, 0.6) is 5.75 Å². The lowest BCUT2D eigenvalue weighted by Crippen LogP contribution is -2.43. The number of esters is 1. The van der Waals surface area contributed by atoms with Crippen LogP contribution in [-0.4, -0.2) is 104 Å². The van der Waals surface area contributed by atoms with Gasteiger partial charge >= 0.3 is 5.97 Å². The number of nitrogens with one attached hydrogen (secondary N) is 1. The first-order chi connectivity index (χ1) is 28.5. The highest BCUT2D eigenvalue weighted by Gasteiger charge is 2.33. The molecule has 0 spiro atoms. The largest absolute Gasteiger partial charge is 0.490 e. The van der Waals surface area contributed by atoms with Crippen LogP contribution in [0.2, 0.25) is 0 Å². The number of aliphatic imine (C=N–C) groups is 2. The average Bonchev–Trinajstić information content (AvgIpc) is 3.65. The minimum absolute atomic E-state index is 0.106. The van der Waals surface area contributed by atoms with Crippen LogP contribution < -0.4 is 32.0 Å². The topological polar surface area (TPSA) is 203 Å². The number of likely N-dealkylation sites (tertiary alicyclic amines) is 1. The van der Waals surface area contributed by atoms with Gasteiger partial charge in [0.15, 0.2) is 12.1 Å². The van der Waals surface area contributed by atoms with Crippen molar-refractivity contribution in [1.82, 2.24) is 19.8 Å². The van der Waals surface area contributed by atoms with Gasteiger partial charge < -0.3 is 36.3 Å². The first-order valence-electron chi connectivity index (χ1n) is 18.9. The highest BCUT2D eigenvalue weighted by atomic mass is 32.1. The second-order valence-corrected chi connectivity index (χ2v) is 14.9. The van der Waals surface area contributed by atoms with Gasteiger partial charge in [-0.25, -0.2) is 18.8 Å². The minimum atomic E-state index is -1.80. The number of nitrogens with two attached hydrogens (primary N) is 2. The predicted molar refractivity (Wildman–Crippen MR) is 224 cm³/mol. The van der Waals surface area contributed by atoms with Crippen molar-refractivity contribution in [3.05, 3.63) is 105 Å². The number of halogens is 2. The molecule has 2 aromatic heterocycles. The molecule has 4 heterocycles. The predicted octanol–water partition coefficient (Wildman–Crippen LogP) is 4.16. The van der Waals surface area contributed by atoms with Gasteiger partial charge in [-0.05, 0) is 62.4 Å². The molecule has 5 aromatic rings. The number of piperidine rings is 1. The maximum atomic E-state index is 14.3. The van der Waals surface area contributed by atoms with E-state index in [2.05, 4.69) is 25.2 Å². The molecule has 0 radical (unpaired) electrons. The third-order valence-corrected chi connectivity index (χ3v) is 10.9. The van der Waals surface area contributed by atoms with Crippen LogP contribution in [0.25, 0.3) is 16.0 Å². The number of ether oxygens (including phenoxy) is 2. The number of para-hydroxylation sites is 1. The number of hydrogen-bond acceptors (Lipinski definition) is 13. The number of nitrogens with zero attached hydrogens (tertiary/aromatic N) is 6. The molecule has 2 aliphatic rings. The summed E-state index contributed by atoms with van der Waals surface area (Å²) in [5.74, 6) is -1.45. The molecule has 310 valence electrons. The summed E-state index contributed by atoms with van der Waals surface area (Å²) in [4.78, 5) is 53.1. The fourth-order valence-corrected chi connectivity index (χ4v) is 7.77. The first-order valence-corrected chi connectivity index (χ1v) is 19.7. The van der Waals surface area contributed by atoms with Gasteiger partial charge in [-0.15, -0.1) is 11.3 Å². The van der Waals surface area contributed by atoms with Crippen molar-refractivity contribution in [3.63, 3.8) is 0 Å². The van der Waals surface area contributed by atoms with E-state index in [1.807, 2.05) is 60.5 Å². The number of hydrogen-bond donors (Lipinski definition) is 4. The summed E-state index contributed by atoms with van der Waals surface area (Å²) in [7, 11) is 1.92. The molecule has 0 saturated carbocycles. The van der Waals surface area contributed by atoms with Gasteiger partial charge in [0, 0.05) is 42.9 Å². The van der Waals surface area contributed by atoms with E-state index in [0.717, 1.165) is 74.2 Å². The lowest BCUT2D eigenvalue weighted by atomic mass is 9.90. The number of aliphatic hydroxyl groups is 1. The summed E-state index contributed by atoms with van der Waals surface area (Å²) in [6.45, 7) is 2.60. The van der Waals surface area contributed by atoms with Crippen LogP contribution in [0.4, 0.5) is 26.0 Å². The van der Waals surface area contributed by atoms with Crippen LogP contribution in [0.15, 0.2) is 87.6 Å². The monoisotopic (exact) mass is 829 g/mol. The van der Waals surface area contributed by atoms with Crippen LogP contribution in [0, 0.1) is 11.6 Å². The Hall–Kier alpha value is -6.08. The highest BCUT2D eigenvalue weighted by Crippen LogP contribution is 2.38. The maximum Gasteiger partial charge on any atom is 0.320 e. The van der Waals surface area contributed by atoms with Crippen molar-refractivity contribution in [2.45, 2.75) is 30.9 Å². The van der Waals surface area contributed by atoms with Crippen molar-refractivity contribution >= 4 is 63.8 Å². The molecule has 7 rings (SSSR count). The zero-order valence-corrected chi connectivity index (χ0v) is 33.1. The number of thiophene rings is 1. The van der Waals surface area contributed by atoms with Gasteiger partial charge in [-0.2, -0.15) is 0 Å². The molecule has 0 bridgehead atoms. The van der Waals surface area contributed by atoms with Crippen molar-refractivity contribution in [1.29, 1.82) is 0 Å². The van der Waals surface area contributed by atoms with E-state index in [0.29, 0.717) is 46.2 Å². The number of rotatable bonds is 13. The Morgan fingerprint density at radius 3 is 2.59 bits per heavy atom. The van der Waals surface area contributed by atoms with E-state index >= 15 is 0 Å². The second-order valence-electron chi connectivity index (χ2n) is 13.8. The Balaban J connectivity index is 0.000000198. The summed E-state index contributed by atoms with van der Waals surface area (Å²) in [6.07, 6.45) is 4.67. The Morgan fingerprint density at radius 1 is 1.10 bits per heavy atom. The average molecular weight is 830 g/mol. The molecule has 3 aromatic carbocycles. The summed E-state index contributed by atoms with van der Waals surface area (Å²) < 4.78 is 40.1. The van der Waals surface area contributed by atoms with Gasteiger partial charge in [0.25, 0.3) is 5.56 Å². The molecule has 59 heavy (non-hydrogen) atoms. The molecule has 1 fully saturated rings. The second kappa shape index (κ2) is 19.6. The van der Waals surface area contributed by atoms with Crippen LogP contribution in [-0.2, 0) is 15.1 Å². The van der Waals surface area contributed by atoms with Crippen LogP contribution in [0.1, 0.15) is 34.5 Å². The Labute approximate surface area is 342 Å². The Morgan fingerprint density at radius 2 is 1.88 bits per heavy atom. The van der Waals surface area contributed by atoms with Gasteiger partial charge in [-0.1, -0.05) is 24.3 Å². The molecule has 1 atom stereocenters. The van der Waals surface area contributed by atoms with Crippen molar-refractivity contribution in [3.8, 4) is 11.4 Å². The van der Waals surface area contributed by atoms with E-state index in [1.54, 1.807) is 6.07 Å². The van der Waals surface area contributed by atoms with E-state index in [1.165, 1.54) is 15.9 Å². The van der Waals surface area contributed by atoms with E-state index in [4.69, 9.17) is 20.9 Å². The number of benzene rings is 3. The first kappa shape index (κ1) is 42.5. The smallest absolute Gasteiger partial charge is 0.320 e. The molecule has 18 heteroatoms. The molecule has 1 saturated heterocycles. The fourth-order valence-electron chi connectivity index (χ4n) is 6.93. The number of fused-ring (bicyclic) bond motifs is 2. The number of carbonyl (C=O) groups excluding carboxylic acids is 2. The molecule has 6 N–H and O–H groups in total. The Bertz CT molecular complexity index is 2370. The van der Waals surface area contributed by atoms with Crippen LogP contribution in [0.3, 0.4) is 0 Å². The number of carbonyl (C=O) groups is 2. The Kier molecular flexibility index (Phi) is 14.1. The number of nitrogen functional groups attached to an aromatic ring is 1. The normalized spacial score (nSPS) is 15.7. The minimum Gasteiger partial charge on any atom is -0.490 e. The SMILES string of the molecule is CNC1CCN(CC(=O)OCCC(O)(CN=CN=CN)c2ccc(F)cc2F)CC1.Nc1nc2sc(C=O)cc2n(-c2ccc3c(c2)N(c2ccccc2)CCO3)c1=O. The summed E-state index contributed by atoms with van der Waals surface area (Å²) in [5.41, 5.74) is 11.7. The number of aromatic nitrogens is 2. The standard InChI is InChI=1S/C21H16N4O3S.C20H29F2N5O3/c22-19-21(27)25(17-11-15(12-26)29-20(17)23-19)14-6-7-18-16(10-14)24(8-9-28-18)13-4-2-1-3-5-13;1-24-16-4-7-27(8-5-16)11-19(28)30-9-6-20(29,12-25-14-26-13-23)17-3-2-15(21)10-18(17)22/h1-7,10-12H,8-9H2,(H2,22,23);2-3,10,13-14,16,24,29H,4-9,11-12H2,1H3,(H2,23,25,26).